The fraction of sp³-hybridized carbons (Fsp3) is 0.304. The molecular weight excluding hydrogens is 369 g/mol. The molecule has 0 aliphatic carbocycles. The highest BCUT2D eigenvalue weighted by molar-refractivity contribution is 5.86. The van der Waals surface area contributed by atoms with E-state index in [1.54, 1.807) is 26.8 Å². The molecule has 0 spiro atoms. The first-order valence-electron chi connectivity index (χ1n) is 9.40. The maximum atomic E-state index is 14.8. The summed E-state index contributed by atoms with van der Waals surface area (Å²) in [4.78, 5) is 11.9. The summed E-state index contributed by atoms with van der Waals surface area (Å²) < 4.78 is 21.9. The first-order chi connectivity index (χ1) is 13.7. The minimum Gasteiger partial charge on any atom is -0.444 e. The van der Waals surface area contributed by atoms with Gasteiger partial charge in [-0.3, -0.25) is 0 Å². The van der Waals surface area contributed by atoms with Gasteiger partial charge in [0.25, 0.3) is 0 Å². The number of amides is 1. The number of hydrogen-bond acceptors (Lipinski definition) is 3. The van der Waals surface area contributed by atoms with Crippen LogP contribution in [0.4, 0.5) is 9.18 Å². The zero-order valence-electron chi connectivity index (χ0n) is 17.0. The number of nitrogens with zero attached hydrogens (tertiary/aromatic N) is 2. The summed E-state index contributed by atoms with van der Waals surface area (Å²) in [6, 6.07) is 16.0. The van der Waals surface area contributed by atoms with Crippen molar-refractivity contribution in [3.05, 3.63) is 59.9 Å². The van der Waals surface area contributed by atoms with E-state index in [0.717, 1.165) is 22.2 Å². The Labute approximate surface area is 169 Å². The SMILES string of the molecule is Cn1c(-c2ccc(CC(C#N)NC(=O)OC(C)(C)C)c(F)c2)cc2ccccc21. The second-order valence-electron chi connectivity index (χ2n) is 7.99. The number of carbonyl (C=O) groups is 1. The van der Waals surface area contributed by atoms with Gasteiger partial charge in [-0.05, 0) is 44.5 Å². The van der Waals surface area contributed by atoms with Crippen LogP contribution in [0.5, 0.6) is 0 Å². The highest BCUT2D eigenvalue weighted by atomic mass is 19.1. The summed E-state index contributed by atoms with van der Waals surface area (Å²) in [5.74, 6) is -0.418. The number of ether oxygens (including phenoxy) is 1. The number of halogens is 1. The van der Waals surface area contributed by atoms with Gasteiger partial charge < -0.3 is 14.6 Å². The average Bonchev–Trinajstić information content (AvgIpc) is 2.98. The fourth-order valence-electron chi connectivity index (χ4n) is 3.24. The third-order valence-corrected chi connectivity index (χ3v) is 4.57. The number of benzene rings is 2. The van der Waals surface area contributed by atoms with E-state index >= 15 is 0 Å². The molecule has 3 aromatic rings. The van der Waals surface area contributed by atoms with Crippen molar-refractivity contribution in [2.24, 2.45) is 7.05 Å². The van der Waals surface area contributed by atoms with E-state index in [0.29, 0.717) is 5.56 Å². The number of hydrogen-bond donors (Lipinski definition) is 1. The van der Waals surface area contributed by atoms with E-state index in [1.807, 2.05) is 54.1 Å². The molecule has 0 aliphatic rings. The third-order valence-electron chi connectivity index (χ3n) is 4.57. The van der Waals surface area contributed by atoms with E-state index in [9.17, 15) is 14.4 Å². The second-order valence-corrected chi connectivity index (χ2v) is 7.99. The van der Waals surface area contributed by atoms with Gasteiger partial charge in [-0.25, -0.2) is 9.18 Å². The molecular formula is C23H24FN3O2. The lowest BCUT2D eigenvalue weighted by Crippen LogP contribution is -2.39. The second kappa shape index (κ2) is 7.96. The van der Waals surface area contributed by atoms with Crippen LogP contribution in [0.15, 0.2) is 48.5 Å². The number of aromatic nitrogens is 1. The Balaban J connectivity index is 1.79. The number of para-hydroxylation sites is 1. The van der Waals surface area contributed by atoms with E-state index < -0.39 is 23.6 Å². The number of carbonyl (C=O) groups excluding carboxylic acids is 1. The molecule has 1 amide bonds. The first-order valence-corrected chi connectivity index (χ1v) is 9.40. The third kappa shape index (κ3) is 4.75. The lowest BCUT2D eigenvalue weighted by Gasteiger charge is -2.21. The summed E-state index contributed by atoms with van der Waals surface area (Å²) in [5.41, 5.74) is 2.41. The number of rotatable bonds is 4. The van der Waals surface area contributed by atoms with Crippen molar-refractivity contribution in [2.45, 2.75) is 38.8 Å². The van der Waals surface area contributed by atoms with Gasteiger partial charge in [0, 0.05) is 35.6 Å². The lowest BCUT2D eigenvalue weighted by atomic mass is 10.0. The normalized spacial score (nSPS) is 12.4. The van der Waals surface area contributed by atoms with E-state index in [1.165, 1.54) is 6.07 Å². The van der Waals surface area contributed by atoms with Gasteiger partial charge in [0.2, 0.25) is 0 Å². The molecule has 150 valence electrons. The molecule has 0 aliphatic heterocycles. The predicted molar refractivity (Wildman–Crippen MR) is 111 cm³/mol. The fourth-order valence-corrected chi connectivity index (χ4v) is 3.24. The highest BCUT2D eigenvalue weighted by Crippen LogP contribution is 2.28. The molecule has 0 fully saturated rings. The van der Waals surface area contributed by atoms with Crippen LogP contribution in [-0.4, -0.2) is 22.3 Å². The van der Waals surface area contributed by atoms with Crippen molar-refractivity contribution >= 4 is 17.0 Å². The molecule has 5 nitrogen and oxygen atoms in total. The Kier molecular flexibility index (Phi) is 5.60. The van der Waals surface area contributed by atoms with Crippen molar-refractivity contribution in [1.29, 1.82) is 5.26 Å². The number of aryl methyl sites for hydroxylation is 1. The smallest absolute Gasteiger partial charge is 0.408 e. The van der Waals surface area contributed by atoms with Crippen LogP contribution in [-0.2, 0) is 18.2 Å². The molecule has 1 atom stereocenters. The Morgan fingerprint density at radius 1 is 1.24 bits per heavy atom. The summed E-state index contributed by atoms with van der Waals surface area (Å²) in [5, 5.41) is 12.9. The predicted octanol–water partition coefficient (Wildman–Crippen LogP) is 4.94. The maximum absolute atomic E-state index is 14.8. The van der Waals surface area contributed by atoms with Crippen molar-refractivity contribution in [1.82, 2.24) is 9.88 Å². The lowest BCUT2D eigenvalue weighted by molar-refractivity contribution is 0.0515. The van der Waals surface area contributed by atoms with Crippen molar-refractivity contribution in [3.63, 3.8) is 0 Å². The summed E-state index contributed by atoms with van der Waals surface area (Å²) in [6.07, 6.45) is -0.645. The zero-order valence-corrected chi connectivity index (χ0v) is 17.0. The Morgan fingerprint density at radius 2 is 1.97 bits per heavy atom. The molecule has 0 radical (unpaired) electrons. The first kappa shape index (κ1) is 20.4. The molecule has 1 heterocycles. The van der Waals surface area contributed by atoms with Crippen molar-refractivity contribution in [3.8, 4) is 17.3 Å². The van der Waals surface area contributed by atoms with Crippen LogP contribution in [0.25, 0.3) is 22.2 Å². The van der Waals surface area contributed by atoms with Gasteiger partial charge in [0.05, 0.1) is 6.07 Å². The molecule has 3 rings (SSSR count). The monoisotopic (exact) mass is 393 g/mol. The van der Waals surface area contributed by atoms with Crippen LogP contribution < -0.4 is 5.32 Å². The van der Waals surface area contributed by atoms with E-state index in [2.05, 4.69) is 5.32 Å². The summed E-state index contributed by atoms with van der Waals surface area (Å²) in [6.45, 7) is 5.21. The van der Waals surface area contributed by atoms with Gasteiger partial charge in [0.15, 0.2) is 0 Å². The average molecular weight is 393 g/mol. The quantitative estimate of drug-likeness (QED) is 0.682. The molecule has 0 saturated carbocycles. The topological polar surface area (TPSA) is 67.0 Å². The van der Waals surface area contributed by atoms with Gasteiger partial charge in [-0.1, -0.05) is 30.3 Å². The highest BCUT2D eigenvalue weighted by Gasteiger charge is 2.20. The van der Waals surface area contributed by atoms with Gasteiger partial charge in [-0.2, -0.15) is 5.26 Å². The standard InChI is InChI=1S/C23H24FN3O2/c1-23(2,3)29-22(28)26-18(14-25)11-15-9-10-17(12-19(15)24)21-13-16-7-5-6-8-20(16)27(21)4/h5-10,12-13,18H,11H2,1-4H3,(H,26,28). The molecule has 6 heteroatoms. The minimum absolute atomic E-state index is 0.0525. The van der Waals surface area contributed by atoms with Gasteiger partial charge in [0.1, 0.15) is 17.5 Å². The Hall–Kier alpha value is -3.33. The molecule has 1 N–H and O–H groups in total. The van der Waals surface area contributed by atoms with E-state index in [4.69, 9.17) is 4.74 Å². The van der Waals surface area contributed by atoms with Crippen molar-refractivity contribution in [2.75, 3.05) is 0 Å². The Bertz CT molecular complexity index is 1090. The van der Waals surface area contributed by atoms with Crippen LogP contribution in [0.3, 0.4) is 0 Å². The minimum atomic E-state index is -0.886. The number of alkyl carbamates (subject to hydrolysis) is 1. The largest absolute Gasteiger partial charge is 0.444 e. The van der Waals surface area contributed by atoms with Crippen LogP contribution >= 0.6 is 0 Å². The summed E-state index contributed by atoms with van der Waals surface area (Å²) >= 11 is 0. The van der Waals surface area contributed by atoms with Crippen LogP contribution in [0, 0.1) is 17.1 Å². The Morgan fingerprint density at radius 3 is 2.59 bits per heavy atom. The van der Waals surface area contributed by atoms with Crippen LogP contribution in [0.1, 0.15) is 26.3 Å². The number of nitriles is 1. The number of fused-ring (bicyclic) bond motifs is 1. The number of nitrogens with one attached hydrogen (secondary N) is 1. The zero-order chi connectivity index (χ0) is 21.2. The molecule has 0 saturated heterocycles. The molecule has 1 unspecified atom stereocenters. The molecule has 1 aromatic heterocycles. The molecule has 2 aromatic carbocycles. The molecule has 0 bridgehead atoms. The maximum Gasteiger partial charge on any atom is 0.408 e. The van der Waals surface area contributed by atoms with Gasteiger partial charge in [-0.15, -0.1) is 0 Å². The molecule has 29 heavy (non-hydrogen) atoms. The van der Waals surface area contributed by atoms with E-state index in [-0.39, 0.29) is 6.42 Å². The van der Waals surface area contributed by atoms with Crippen molar-refractivity contribution < 1.29 is 13.9 Å². The summed E-state index contributed by atoms with van der Waals surface area (Å²) in [7, 11) is 1.94. The van der Waals surface area contributed by atoms with Crippen LogP contribution in [0.2, 0.25) is 0 Å². The van der Waals surface area contributed by atoms with Gasteiger partial charge >= 0.3 is 6.09 Å².